The van der Waals surface area contributed by atoms with E-state index in [1.54, 1.807) is 37.4 Å². The van der Waals surface area contributed by atoms with Crippen molar-refractivity contribution in [2.24, 2.45) is 0 Å². The van der Waals surface area contributed by atoms with Gasteiger partial charge in [0.05, 0.1) is 0 Å². The summed E-state index contributed by atoms with van der Waals surface area (Å²) in [6.07, 6.45) is 0. The smallest absolute Gasteiger partial charge is 0.193 e. The van der Waals surface area contributed by atoms with Gasteiger partial charge in [-0.15, -0.1) is 0 Å². The van der Waals surface area contributed by atoms with Crippen molar-refractivity contribution in [3.63, 3.8) is 0 Å². The maximum Gasteiger partial charge on any atom is 0.193 e. The van der Waals surface area contributed by atoms with Crippen LogP contribution in [0.25, 0.3) is 0 Å². The van der Waals surface area contributed by atoms with Gasteiger partial charge in [-0.2, -0.15) is 0 Å². The van der Waals surface area contributed by atoms with Crippen LogP contribution in [-0.4, -0.2) is 17.3 Å². The van der Waals surface area contributed by atoms with Gasteiger partial charge in [0, 0.05) is 41.8 Å². The number of carbonyl (C=O) groups excluding carboxylic acids is 3. The third-order valence-corrected chi connectivity index (χ3v) is 7.92. The first-order chi connectivity index (χ1) is 19.4. The minimum absolute atomic E-state index is 0.0259. The predicted molar refractivity (Wildman–Crippen MR) is 164 cm³/mol. The second-order valence-corrected chi connectivity index (χ2v) is 11.2. The SMILES string of the molecule is CC(=O)c1ccc(Sc2ccc(C(=O)c3ccccc3)cc2)cc1.CC(=O)c1ccc(Sc2ccccc2)cc1. The van der Waals surface area contributed by atoms with Crippen LogP contribution >= 0.6 is 23.5 Å². The van der Waals surface area contributed by atoms with Gasteiger partial charge in [0.15, 0.2) is 17.3 Å². The summed E-state index contributed by atoms with van der Waals surface area (Å²) in [6.45, 7) is 3.14. The highest BCUT2D eigenvalue weighted by atomic mass is 32.2. The number of hydrogen-bond acceptors (Lipinski definition) is 5. The molecular formula is C35H28O3S2. The maximum absolute atomic E-state index is 12.4. The summed E-state index contributed by atoms with van der Waals surface area (Å²) in [5.74, 6) is 0.199. The van der Waals surface area contributed by atoms with Gasteiger partial charge in [-0.3, -0.25) is 14.4 Å². The molecule has 0 aliphatic carbocycles. The van der Waals surface area contributed by atoms with Crippen LogP contribution in [0.2, 0.25) is 0 Å². The number of ketones is 3. The van der Waals surface area contributed by atoms with E-state index in [9.17, 15) is 14.4 Å². The van der Waals surface area contributed by atoms with Crippen LogP contribution in [0, 0.1) is 0 Å². The Morgan fingerprint density at radius 3 is 1.05 bits per heavy atom. The molecule has 3 nitrogen and oxygen atoms in total. The van der Waals surface area contributed by atoms with Crippen molar-refractivity contribution in [3.8, 4) is 0 Å². The van der Waals surface area contributed by atoms with E-state index < -0.39 is 0 Å². The Bertz CT molecular complexity index is 1560. The van der Waals surface area contributed by atoms with Gasteiger partial charge in [0.1, 0.15) is 0 Å². The zero-order valence-electron chi connectivity index (χ0n) is 22.2. The fourth-order valence-electron chi connectivity index (χ4n) is 3.71. The Hall–Kier alpha value is -4.19. The van der Waals surface area contributed by atoms with Gasteiger partial charge in [-0.25, -0.2) is 0 Å². The van der Waals surface area contributed by atoms with Crippen LogP contribution in [0.4, 0.5) is 0 Å². The first kappa shape index (κ1) is 28.8. The van der Waals surface area contributed by atoms with Crippen molar-refractivity contribution in [2.75, 3.05) is 0 Å². The summed E-state index contributed by atoms with van der Waals surface area (Å²) in [5.41, 5.74) is 2.84. The number of carbonyl (C=O) groups is 3. The zero-order chi connectivity index (χ0) is 28.3. The van der Waals surface area contributed by atoms with Crippen LogP contribution in [0.3, 0.4) is 0 Å². The molecule has 5 rings (SSSR count). The number of Topliss-reactive ketones (excluding diaryl/α,β-unsaturated/α-hetero) is 2. The first-order valence-electron chi connectivity index (χ1n) is 12.7. The van der Waals surface area contributed by atoms with Crippen molar-refractivity contribution in [3.05, 3.63) is 156 Å². The summed E-state index contributed by atoms with van der Waals surface area (Å²) < 4.78 is 0. The standard InChI is InChI=1S/C21H16O2S.C14H12OS/c1-15(22)16-7-11-19(12-8-16)24-20-13-9-18(10-14-20)21(23)17-5-3-2-4-6-17;1-11(15)12-7-9-14(10-8-12)16-13-5-3-2-4-6-13/h2-14H,1H3;2-10H,1H3. The molecule has 0 aromatic heterocycles. The molecule has 0 heterocycles. The first-order valence-corrected chi connectivity index (χ1v) is 14.3. The number of benzene rings is 5. The zero-order valence-corrected chi connectivity index (χ0v) is 23.9. The van der Waals surface area contributed by atoms with Crippen LogP contribution in [0.15, 0.2) is 153 Å². The molecule has 0 fully saturated rings. The topological polar surface area (TPSA) is 51.2 Å². The molecule has 0 aliphatic rings. The second kappa shape index (κ2) is 14.3. The molecule has 0 N–H and O–H groups in total. The Balaban J connectivity index is 0.000000201. The van der Waals surface area contributed by atoms with Gasteiger partial charge in [-0.05, 0) is 74.5 Å². The van der Waals surface area contributed by atoms with E-state index >= 15 is 0 Å². The fraction of sp³-hybridized carbons (Fsp3) is 0.0571. The van der Waals surface area contributed by atoms with E-state index in [-0.39, 0.29) is 17.3 Å². The third-order valence-electron chi connectivity index (χ3n) is 5.89. The van der Waals surface area contributed by atoms with E-state index in [4.69, 9.17) is 0 Å². The molecule has 0 radical (unpaired) electrons. The molecule has 5 aromatic rings. The minimum Gasteiger partial charge on any atom is -0.295 e. The van der Waals surface area contributed by atoms with E-state index in [0.29, 0.717) is 16.7 Å². The minimum atomic E-state index is 0.0259. The van der Waals surface area contributed by atoms with Crippen LogP contribution in [0.1, 0.15) is 50.5 Å². The van der Waals surface area contributed by atoms with Gasteiger partial charge >= 0.3 is 0 Å². The van der Waals surface area contributed by atoms with Crippen LogP contribution in [0.5, 0.6) is 0 Å². The highest BCUT2D eigenvalue weighted by Crippen LogP contribution is 2.29. The Morgan fingerprint density at radius 2 is 0.675 bits per heavy atom. The van der Waals surface area contributed by atoms with Gasteiger partial charge in [-0.1, -0.05) is 96.3 Å². The van der Waals surface area contributed by atoms with Crippen LogP contribution < -0.4 is 0 Å². The largest absolute Gasteiger partial charge is 0.295 e. The molecule has 5 aromatic carbocycles. The quantitative estimate of drug-likeness (QED) is 0.177. The van der Waals surface area contributed by atoms with Gasteiger partial charge < -0.3 is 0 Å². The van der Waals surface area contributed by atoms with Crippen molar-refractivity contribution >= 4 is 40.9 Å². The van der Waals surface area contributed by atoms with E-state index in [2.05, 4.69) is 12.1 Å². The molecule has 0 saturated heterocycles. The Kier molecular flexibility index (Phi) is 10.3. The third kappa shape index (κ3) is 8.40. The monoisotopic (exact) mass is 560 g/mol. The van der Waals surface area contributed by atoms with Crippen molar-refractivity contribution in [2.45, 2.75) is 33.4 Å². The average Bonchev–Trinajstić information content (AvgIpc) is 2.99. The lowest BCUT2D eigenvalue weighted by Gasteiger charge is -2.05. The molecule has 0 aliphatic heterocycles. The Labute approximate surface area is 243 Å². The van der Waals surface area contributed by atoms with Gasteiger partial charge in [0.2, 0.25) is 0 Å². The van der Waals surface area contributed by atoms with E-state index in [1.165, 1.54) is 4.90 Å². The highest BCUT2D eigenvalue weighted by molar-refractivity contribution is 7.99. The summed E-state index contributed by atoms with van der Waals surface area (Å²) >= 11 is 3.30. The number of hydrogen-bond donors (Lipinski definition) is 0. The molecule has 40 heavy (non-hydrogen) atoms. The predicted octanol–water partition coefficient (Wildman–Crippen LogP) is 9.31. The summed E-state index contributed by atoms with van der Waals surface area (Å²) in [5, 5.41) is 0. The summed E-state index contributed by atoms with van der Waals surface area (Å²) in [4.78, 5) is 39.2. The molecule has 198 valence electrons. The highest BCUT2D eigenvalue weighted by Gasteiger charge is 2.08. The Morgan fingerprint density at radius 1 is 0.375 bits per heavy atom. The summed E-state index contributed by atoms with van der Waals surface area (Å²) in [6, 6.07) is 42.3. The maximum atomic E-state index is 12.4. The number of rotatable bonds is 8. The second-order valence-electron chi connectivity index (χ2n) is 8.90. The van der Waals surface area contributed by atoms with Gasteiger partial charge in [0.25, 0.3) is 0 Å². The molecule has 0 spiro atoms. The van der Waals surface area contributed by atoms with Crippen LogP contribution in [-0.2, 0) is 0 Å². The molecule has 0 bridgehead atoms. The molecular weight excluding hydrogens is 533 g/mol. The normalized spacial score (nSPS) is 10.2. The lowest BCUT2D eigenvalue weighted by molar-refractivity contribution is 0.100. The molecule has 0 saturated carbocycles. The van der Waals surface area contributed by atoms with Crippen molar-refractivity contribution < 1.29 is 14.4 Å². The van der Waals surface area contributed by atoms with Crippen molar-refractivity contribution in [1.29, 1.82) is 0 Å². The lowest BCUT2D eigenvalue weighted by atomic mass is 10.0. The molecule has 0 unspecified atom stereocenters. The van der Waals surface area contributed by atoms with E-state index in [1.807, 2.05) is 121 Å². The molecule has 0 atom stereocenters. The fourth-order valence-corrected chi connectivity index (χ4v) is 5.36. The summed E-state index contributed by atoms with van der Waals surface area (Å²) in [7, 11) is 0. The van der Waals surface area contributed by atoms with Crippen molar-refractivity contribution in [1.82, 2.24) is 0 Å². The molecule has 5 heteroatoms. The lowest BCUT2D eigenvalue weighted by Crippen LogP contribution is -2.00. The average molecular weight is 561 g/mol. The molecule has 0 amide bonds. The van der Waals surface area contributed by atoms with E-state index in [0.717, 1.165) is 20.2 Å².